The number of halogens is 4. The van der Waals surface area contributed by atoms with Gasteiger partial charge in [0.25, 0.3) is 12.3 Å². The van der Waals surface area contributed by atoms with E-state index in [0.29, 0.717) is 25.5 Å². The molecule has 1 fully saturated rings. The summed E-state index contributed by atoms with van der Waals surface area (Å²) in [4.78, 5) is 17.5. The Morgan fingerprint density at radius 3 is 2.90 bits per heavy atom. The lowest BCUT2D eigenvalue weighted by atomic mass is 10.0. The van der Waals surface area contributed by atoms with Gasteiger partial charge in [0.15, 0.2) is 11.0 Å². The van der Waals surface area contributed by atoms with Gasteiger partial charge >= 0.3 is 0 Å². The molecule has 3 aliphatic rings. The number of rotatable bonds is 4. The van der Waals surface area contributed by atoms with Crippen molar-refractivity contribution in [2.45, 2.75) is 37.9 Å². The molecule has 10 heteroatoms. The van der Waals surface area contributed by atoms with E-state index in [1.165, 1.54) is 25.1 Å². The van der Waals surface area contributed by atoms with Gasteiger partial charge in [0.1, 0.15) is 5.82 Å². The number of nitrogens with zero attached hydrogens (tertiary/aromatic N) is 3. The van der Waals surface area contributed by atoms with Crippen LogP contribution in [-0.4, -0.2) is 47.2 Å². The molecule has 0 radical (unpaired) electrons. The molecule has 1 saturated heterocycles. The number of carbonyl (C=O) groups excluding carboxylic acids is 1. The van der Waals surface area contributed by atoms with Gasteiger partial charge in [-0.1, -0.05) is 29.8 Å². The maximum Gasteiger partial charge on any atom is 0.266 e. The number of aliphatic imine (C=N–C) groups is 1. The van der Waals surface area contributed by atoms with Gasteiger partial charge in [-0.15, -0.1) is 0 Å². The van der Waals surface area contributed by atoms with Crippen LogP contribution in [0, 0.1) is 5.82 Å². The normalized spacial score (nSPS) is 24.3. The van der Waals surface area contributed by atoms with Crippen LogP contribution in [0.5, 0.6) is 0 Å². The number of benzene rings is 1. The summed E-state index contributed by atoms with van der Waals surface area (Å²) in [6.45, 7) is 2.51. The number of hydrogen-bond acceptors (Lipinski definition) is 5. The Morgan fingerprint density at radius 1 is 1.38 bits per heavy atom. The molecular weight excluding hydrogens is 409 g/mol. The summed E-state index contributed by atoms with van der Waals surface area (Å²) in [5, 5.41) is 8.67. The second kappa shape index (κ2) is 7.79. The Kier molecular flexibility index (Phi) is 5.35. The molecule has 1 aromatic rings. The number of hydrogen-bond donors (Lipinski definition) is 1. The average Bonchev–Trinajstić information content (AvgIpc) is 3.05. The maximum absolute atomic E-state index is 14.4. The van der Waals surface area contributed by atoms with E-state index < -0.39 is 29.8 Å². The number of alkyl halides is 2. The van der Waals surface area contributed by atoms with Gasteiger partial charge in [0.2, 0.25) is 0 Å². The number of nitrogens with one attached hydrogen (secondary N) is 1. The SMILES string of the molecule is C[C@@H](NC(=O)C1=CC(Cl)=NN2C1=N[C@@H]1COCC[C@@H]12)c1cccc(C(F)F)c1F. The van der Waals surface area contributed by atoms with Crippen molar-refractivity contribution in [1.29, 1.82) is 0 Å². The third-order valence-corrected chi connectivity index (χ3v) is 5.35. The number of carbonyl (C=O) groups is 1. The molecule has 3 heterocycles. The third-order valence-electron chi connectivity index (χ3n) is 5.17. The summed E-state index contributed by atoms with van der Waals surface area (Å²) in [5.74, 6) is -1.20. The van der Waals surface area contributed by atoms with Crippen LogP contribution in [0.2, 0.25) is 0 Å². The van der Waals surface area contributed by atoms with Crippen molar-refractivity contribution >= 4 is 28.5 Å². The zero-order valence-corrected chi connectivity index (χ0v) is 16.2. The van der Waals surface area contributed by atoms with Gasteiger partial charge in [0.05, 0.1) is 35.9 Å². The zero-order valence-electron chi connectivity index (χ0n) is 15.4. The van der Waals surface area contributed by atoms with Gasteiger partial charge in [-0.25, -0.2) is 18.2 Å². The van der Waals surface area contributed by atoms with Crippen LogP contribution >= 0.6 is 11.6 Å². The fourth-order valence-electron chi connectivity index (χ4n) is 3.71. The molecule has 1 amide bonds. The first-order chi connectivity index (χ1) is 13.9. The highest BCUT2D eigenvalue weighted by atomic mass is 35.5. The standard InChI is InChI=1S/C19H18ClF3N4O2/c1-9(10-3-2-4-11(16(10)21)17(22)23)24-19(28)12-7-15(20)26-27-14-5-6-29-8-13(14)25-18(12)27/h2-4,7,9,13-14,17H,5-6,8H2,1H3,(H,24,28)/t9-,13-,14+/m1/s1. The molecule has 1 N–H and O–H groups in total. The van der Waals surface area contributed by atoms with Gasteiger partial charge in [0, 0.05) is 12.2 Å². The Balaban J connectivity index is 1.57. The van der Waals surface area contributed by atoms with Gasteiger partial charge in [-0.3, -0.25) is 9.79 Å². The minimum Gasteiger partial charge on any atom is -0.379 e. The first kappa shape index (κ1) is 19.9. The number of allylic oxidation sites excluding steroid dienone is 1. The van der Waals surface area contributed by atoms with E-state index in [4.69, 9.17) is 16.3 Å². The number of amidine groups is 1. The van der Waals surface area contributed by atoms with Crippen LogP contribution in [0.4, 0.5) is 13.2 Å². The topological polar surface area (TPSA) is 66.3 Å². The van der Waals surface area contributed by atoms with E-state index in [1.54, 1.807) is 5.01 Å². The second-order valence-corrected chi connectivity index (χ2v) is 7.41. The molecule has 4 rings (SSSR count). The molecule has 3 aliphatic heterocycles. The molecule has 0 spiro atoms. The van der Waals surface area contributed by atoms with Crippen LogP contribution in [0.25, 0.3) is 0 Å². The van der Waals surface area contributed by atoms with Crippen molar-refractivity contribution in [2.75, 3.05) is 13.2 Å². The molecule has 3 atom stereocenters. The number of ether oxygens (including phenoxy) is 1. The van der Waals surface area contributed by atoms with E-state index in [0.717, 1.165) is 6.07 Å². The molecule has 0 bridgehead atoms. The van der Waals surface area contributed by atoms with Crippen molar-refractivity contribution in [2.24, 2.45) is 10.1 Å². The van der Waals surface area contributed by atoms with Crippen molar-refractivity contribution in [3.05, 3.63) is 46.8 Å². The van der Waals surface area contributed by atoms with Crippen LogP contribution in [0.3, 0.4) is 0 Å². The first-order valence-electron chi connectivity index (χ1n) is 9.15. The van der Waals surface area contributed by atoms with E-state index in [2.05, 4.69) is 15.4 Å². The number of hydrazone groups is 1. The average molecular weight is 427 g/mol. The van der Waals surface area contributed by atoms with Crippen LogP contribution in [0.1, 0.15) is 36.9 Å². The van der Waals surface area contributed by atoms with Crippen molar-refractivity contribution < 1.29 is 22.7 Å². The van der Waals surface area contributed by atoms with Crippen molar-refractivity contribution in [1.82, 2.24) is 10.3 Å². The summed E-state index contributed by atoms with van der Waals surface area (Å²) in [6, 6.07) is 2.68. The fraction of sp³-hybridized carbons (Fsp3) is 0.421. The minimum absolute atomic E-state index is 0.0281. The summed E-state index contributed by atoms with van der Waals surface area (Å²) in [7, 11) is 0. The predicted molar refractivity (Wildman–Crippen MR) is 102 cm³/mol. The second-order valence-electron chi connectivity index (χ2n) is 7.02. The molecule has 6 nitrogen and oxygen atoms in total. The van der Waals surface area contributed by atoms with Crippen LogP contribution < -0.4 is 5.32 Å². The van der Waals surface area contributed by atoms with Gasteiger partial charge < -0.3 is 10.1 Å². The molecule has 0 unspecified atom stereocenters. The largest absolute Gasteiger partial charge is 0.379 e. The maximum atomic E-state index is 14.4. The number of fused-ring (bicyclic) bond motifs is 3. The fourth-order valence-corrected chi connectivity index (χ4v) is 3.90. The summed E-state index contributed by atoms with van der Waals surface area (Å²) >= 11 is 6.11. The smallest absolute Gasteiger partial charge is 0.266 e. The lowest BCUT2D eigenvalue weighted by Gasteiger charge is -2.31. The lowest BCUT2D eigenvalue weighted by Crippen LogP contribution is -2.45. The van der Waals surface area contributed by atoms with E-state index in [9.17, 15) is 18.0 Å². The van der Waals surface area contributed by atoms with E-state index >= 15 is 0 Å². The molecule has 29 heavy (non-hydrogen) atoms. The van der Waals surface area contributed by atoms with Crippen LogP contribution in [-0.2, 0) is 9.53 Å². The Hall–Kier alpha value is -2.39. The molecule has 1 aromatic carbocycles. The zero-order chi connectivity index (χ0) is 20.7. The van der Waals surface area contributed by atoms with Gasteiger partial charge in [-0.05, 0) is 19.4 Å². The lowest BCUT2D eigenvalue weighted by molar-refractivity contribution is -0.117. The summed E-state index contributed by atoms with van der Waals surface area (Å²) < 4.78 is 45.8. The molecular formula is C19H18ClF3N4O2. The summed E-state index contributed by atoms with van der Waals surface area (Å²) in [5.41, 5.74) is -0.539. The molecule has 0 saturated carbocycles. The monoisotopic (exact) mass is 426 g/mol. The van der Waals surface area contributed by atoms with Crippen molar-refractivity contribution in [3.8, 4) is 0 Å². The highest BCUT2D eigenvalue weighted by Crippen LogP contribution is 2.31. The highest BCUT2D eigenvalue weighted by molar-refractivity contribution is 6.69. The van der Waals surface area contributed by atoms with Crippen LogP contribution in [0.15, 0.2) is 39.9 Å². The third kappa shape index (κ3) is 3.64. The molecule has 0 aliphatic carbocycles. The molecule has 154 valence electrons. The quantitative estimate of drug-likeness (QED) is 0.803. The van der Waals surface area contributed by atoms with E-state index in [1.807, 2.05) is 0 Å². The Bertz CT molecular complexity index is 934. The number of amides is 1. The summed E-state index contributed by atoms with van der Waals surface area (Å²) in [6.07, 6.45) is -0.855. The highest BCUT2D eigenvalue weighted by Gasteiger charge is 2.42. The Morgan fingerprint density at radius 2 is 2.14 bits per heavy atom. The molecule has 0 aromatic heterocycles. The van der Waals surface area contributed by atoms with E-state index in [-0.39, 0.29) is 28.4 Å². The first-order valence-corrected chi connectivity index (χ1v) is 9.53. The van der Waals surface area contributed by atoms with Crippen molar-refractivity contribution in [3.63, 3.8) is 0 Å². The van der Waals surface area contributed by atoms with Gasteiger partial charge in [-0.2, -0.15) is 5.10 Å². The predicted octanol–water partition coefficient (Wildman–Crippen LogP) is 3.30. The Labute approximate surface area is 170 Å². The minimum atomic E-state index is -2.94.